The van der Waals surface area contributed by atoms with Gasteiger partial charge in [0.2, 0.25) is 0 Å². The molecule has 0 bridgehead atoms. The van der Waals surface area contributed by atoms with Gasteiger partial charge in [0.05, 0.1) is 6.61 Å². The van der Waals surface area contributed by atoms with Gasteiger partial charge in [0.25, 0.3) is 0 Å². The van der Waals surface area contributed by atoms with Crippen molar-refractivity contribution in [1.29, 1.82) is 0 Å². The molecule has 0 aromatic carbocycles. The molecule has 1 atom stereocenters. The van der Waals surface area contributed by atoms with E-state index in [9.17, 15) is 0 Å². The summed E-state index contributed by atoms with van der Waals surface area (Å²) in [5.74, 6) is 0. The molecule has 1 N–H and O–H groups in total. The van der Waals surface area contributed by atoms with Crippen LogP contribution in [0.4, 0.5) is 0 Å². The van der Waals surface area contributed by atoms with Crippen LogP contribution in [-0.4, -0.2) is 50.8 Å². The molecule has 1 fully saturated rings. The van der Waals surface area contributed by atoms with Gasteiger partial charge in [0, 0.05) is 32.3 Å². The van der Waals surface area contributed by atoms with Gasteiger partial charge in [-0.25, -0.2) is 0 Å². The van der Waals surface area contributed by atoms with Crippen molar-refractivity contribution in [1.82, 2.24) is 10.2 Å². The number of hydrogen-bond acceptors (Lipinski definition) is 3. The van der Waals surface area contributed by atoms with Gasteiger partial charge in [-0.05, 0) is 32.2 Å². The molecule has 1 aliphatic carbocycles. The van der Waals surface area contributed by atoms with Crippen molar-refractivity contribution in [3.63, 3.8) is 0 Å². The van der Waals surface area contributed by atoms with Crippen molar-refractivity contribution in [2.45, 2.75) is 65.0 Å². The van der Waals surface area contributed by atoms with Crippen molar-refractivity contribution < 1.29 is 4.74 Å². The van der Waals surface area contributed by atoms with E-state index in [0.717, 1.165) is 13.2 Å². The Morgan fingerprint density at radius 3 is 2.32 bits per heavy atom. The highest BCUT2D eigenvalue weighted by atomic mass is 16.5. The summed E-state index contributed by atoms with van der Waals surface area (Å²) < 4.78 is 5.29. The molecule has 0 radical (unpaired) electrons. The maximum absolute atomic E-state index is 5.29. The fourth-order valence-corrected chi connectivity index (χ4v) is 3.17. The molecule has 19 heavy (non-hydrogen) atoms. The van der Waals surface area contributed by atoms with E-state index in [1.54, 1.807) is 7.11 Å². The summed E-state index contributed by atoms with van der Waals surface area (Å²) in [5, 5.41) is 3.67. The Morgan fingerprint density at radius 2 is 1.79 bits per heavy atom. The van der Waals surface area contributed by atoms with Gasteiger partial charge in [-0.1, -0.05) is 33.1 Å². The minimum atomic E-state index is 0.471. The Hall–Kier alpha value is -0.120. The van der Waals surface area contributed by atoms with Gasteiger partial charge in [-0.15, -0.1) is 0 Å². The third-order valence-electron chi connectivity index (χ3n) is 4.54. The Labute approximate surface area is 120 Å². The number of hydrogen-bond donors (Lipinski definition) is 1. The molecule has 0 amide bonds. The van der Waals surface area contributed by atoms with Gasteiger partial charge >= 0.3 is 0 Å². The summed E-state index contributed by atoms with van der Waals surface area (Å²) in [6.07, 6.45) is 6.95. The first kappa shape index (κ1) is 16.9. The van der Waals surface area contributed by atoms with Gasteiger partial charge in [0.15, 0.2) is 0 Å². The second-order valence-corrected chi connectivity index (χ2v) is 6.82. The minimum absolute atomic E-state index is 0.471. The number of methoxy groups -OCH3 is 1. The predicted octanol–water partition coefficient (Wildman–Crippen LogP) is 2.90. The Morgan fingerprint density at radius 1 is 1.16 bits per heavy atom. The van der Waals surface area contributed by atoms with E-state index in [-0.39, 0.29) is 0 Å². The van der Waals surface area contributed by atoms with E-state index < -0.39 is 0 Å². The van der Waals surface area contributed by atoms with Crippen LogP contribution in [0.1, 0.15) is 52.9 Å². The monoisotopic (exact) mass is 270 g/mol. The van der Waals surface area contributed by atoms with Gasteiger partial charge in [-0.2, -0.15) is 0 Å². The van der Waals surface area contributed by atoms with Crippen LogP contribution in [0.25, 0.3) is 0 Å². The standard InChI is InChI=1S/C16H34N2O/c1-14(2)17-12-16(9-7-6-8-10-16)13-18(4)15(3)11-19-5/h14-15,17H,6-13H2,1-5H3. The normalized spacial score (nSPS) is 21.0. The molecule has 0 aromatic heterocycles. The highest BCUT2D eigenvalue weighted by molar-refractivity contribution is 4.88. The topological polar surface area (TPSA) is 24.5 Å². The zero-order valence-corrected chi connectivity index (χ0v) is 13.7. The molecule has 1 aliphatic rings. The molecular weight excluding hydrogens is 236 g/mol. The van der Waals surface area contributed by atoms with E-state index in [0.29, 0.717) is 17.5 Å². The minimum Gasteiger partial charge on any atom is -0.383 e. The molecule has 0 spiro atoms. The second-order valence-electron chi connectivity index (χ2n) is 6.82. The van der Waals surface area contributed by atoms with Crippen LogP contribution in [0.3, 0.4) is 0 Å². The quantitative estimate of drug-likeness (QED) is 0.734. The van der Waals surface area contributed by atoms with Crippen molar-refractivity contribution in [2.75, 3.05) is 33.9 Å². The molecule has 0 heterocycles. The number of nitrogens with zero attached hydrogens (tertiary/aromatic N) is 1. The maximum atomic E-state index is 5.29. The van der Waals surface area contributed by atoms with Crippen LogP contribution in [0.2, 0.25) is 0 Å². The van der Waals surface area contributed by atoms with Gasteiger partial charge in [0.1, 0.15) is 0 Å². The van der Waals surface area contributed by atoms with E-state index >= 15 is 0 Å². The average molecular weight is 270 g/mol. The average Bonchev–Trinajstić information content (AvgIpc) is 2.38. The van der Waals surface area contributed by atoms with E-state index in [2.05, 4.69) is 38.0 Å². The first-order valence-electron chi connectivity index (χ1n) is 7.92. The van der Waals surface area contributed by atoms with Crippen molar-refractivity contribution >= 4 is 0 Å². The predicted molar refractivity (Wildman–Crippen MR) is 82.6 cm³/mol. The summed E-state index contributed by atoms with van der Waals surface area (Å²) >= 11 is 0. The van der Waals surface area contributed by atoms with Crippen molar-refractivity contribution in [2.24, 2.45) is 5.41 Å². The molecule has 3 nitrogen and oxygen atoms in total. The fourth-order valence-electron chi connectivity index (χ4n) is 3.17. The third kappa shape index (κ3) is 5.80. The maximum Gasteiger partial charge on any atom is 0.0615 e. The SMILES string of the molecule is COCC(C)N(C)CC1(CNC(C)C)CCCCC1. The smallest absolute Gasteiger partial charge is 0.0615 e. The highest BCUT2D eigenvalue weighted by Crippen LogP contribution is 2.36. The lowest BCUT2D eigenvalue weighted by molar-refractivity contribution is 0.0604. The lowest BCUT2D eigenvalue weighted by Gasteiger charge is -2.42. The molecule has 1 saturated carbocycles. The Bertz CT molecular complexity index is 237. The summed E-state index contributed by atoms with van der Waals surface area (Å²) in [4.78, 5) is 2.48. The van der Waals surface area contributed by atoms with E-state index in [1.165, 1.54) is 38.6 Å². The van der Waals surface area contributed by atoms with E-state index in [1.807, 2.05) is 0 Å². The summed E-state index contributed by atoms with van der Waals surface area (Å²) in [7, 11) is 4.04. The zero-order valence-electron chi connectivity index (χ0n) is 13.7. The molecular formula is C16H34N2O. The molecule has 3 heteroatoms. The van der Waals surface area contributed by atoms with Crippen LogP contribution in [0, 0.1) is 5.41 Å². The largest absolute Gasteiger partial charge is 0.383 e. The fraction of sp³-hybridized carbons (Fsp3) is 1.00. The van der Waals surface area contributed by atoms with Crippen LogP contribution < -0.4 is 5.32 Å². The lowest BCUT2D eigenvalue weighted by atomic mass is 9.73. The highest BCUT2D eigenvalue weighted by Gasteiger charge is 2.33. The Balaban J connectivity index is 2.57. The molecule has 0 aromatic rings. The van der Waals surface area contributed by atoms with Crippen LogP contribution >= 0.6 is 0 Å². The first-order valence-corrected chi connectivity index (χ1v) is 7.92. The van der Waals surface area contributed by atoms with Gasteiger partial charge < -0.3 is 15.0 Å². The first-order chi connectivity index (χ1) is 8.99. The molecule has 0 aliphatic heterocycles. The molecule has 1 rings (SSSR count). The lowest BCUT2D eigenvalue weighted by Crippen LogP contribution is -2.48. The van der Waals surface area contributed by atoms with Gasteiger partial charge in [-0.3, -0.25) is 0 Å². The molecule has 1 unspecified atom stereocenters. The number of ether oxygens (including phenoxy) is 1. The molecule has 114 valence electrons. The Kier molecular flexibility index (Phi) is 7.33. The third-order valence-corrected chi connectivity index (χ3v) is 4.54. The van der Waals surface area contributed by atoms with Crippen molar-refractivity contribution in [3.05, 3.63) is 0 Å². The summed E-state index contributed by atoms with van der Waals surface area (Å²) in [6, 6.07) is 1.09. The van der Waals surface area contributed by atoms with Crippen LogP contribution in [0.5, 0.6) is 0 Å². The van der Waals surface area contributed by atoms with Crippen LogP contribution in [-0.2, 0) is 4.74 Å². The summed E-state index contributed by atoms with van der Waals surface area (Å²) in [6.45, 7) is 9.92. The second kappa shape index (κ2) is 8.23. The van der Waals surface area contributed by atoms with Crippen LogP contribution in [0.15, 0.2) is 0 Å². The zero-order chi connectivity index (χ0) is 14.3. The number of nitrogens with one attached hydrogen (secondary N) is 1. The molecule has 0 saturated heterocycles. The number of likely N-dealkylation sites (N-methyl/N-ethyl adjacent to an activating group) is 1. The number of rotatable bonds is 8. The summed E-state index contributed by atoms with van der Waals surface area (Å²) in [5.41, 5.74) is 0.471. The van der Waals surface area contributed by atoms with E-state index in [4.69, 9.17) is 4.74 Å². The van der Waals surface area contributed by atoms with Crippen molar-refractivity contribution in [3.8, 4) is 0 Å².